The summed E-state index contributed by atoms with van der Waals surface area (Å²) in [4.78, 5) is 0. The summed E-state index contributed by atoms with van der Waals surface area (Å²) in [5, 5.41) is 9.01. The number of rotatable bonds is 3. The number of para-hydroxylation sites is 2. The molecule has 0 N–H and O–H groups in total. The standard InChI is InChI=1S/C49H31NO3/c1-28-10-16-33(17-11-28)50-42-8-4-2-6-34(42)36-22-29(12-18-43(36)50)31-14-20-46-38(24-31)40-26-49-41(27-48(40)52-46)39-25-32(15-21-47(39)53-49)30-13-19-45-37(23-30)35-7-3-5-9-44(35)51-45/h2-10,12-28H,11H2,1H3. The maximum Gasteiger partial charge on any atom is 0.136 e. The molecule has 0 aliphatic heterocycles. The molecule has 7 aromatic carbocycles. The quantitative estimate of drug-likeness (QED) is 0.186. The minimum atomic E-state index is 0.569. The van der Waals surface area contributed by atoms with Gasteiger partial charge >= 0.3 is 0 Å². The lowest BCUT2D eigenvalue weighted by Crippen LogP contribution is -2.00. The van der Waals surface area contributed by atoms with Crippen LogP contribution >= 0.6 is 0 Å². The van der Waals surface area contributed by atoms with Gasteiger partial charge in [0.25, 0.3) is 0 Å². The molecule has 0 amide bonds. The summed E-state index contributed by atoms with van der Waals surface area (Å²) in [5.41, 5.74) is 13.5. The van der Waals surface area contributed by atoms with E-state index in [1.807, 2.05) is 12.1 Å². The van der Waals surface area contributed by atoms with Crippen molar-refractivity contribution < 1.29 is 13.3 Å². The van der Waals surface area contributed by atoms with Crippen LogP contribution in [-0.4, -0.2) is 4.57 Å². The SMILES string of the molecule is CC1C=CC(n2c3ccccc3c3cc(-c4ccc5oc6cc7c(cc6c5c4)oc4ccc(-c5ccc6oc8ccccc8c6c5)cc47)ccc32)=CC1. The van der Waals surface area contributed by atoms with Crippen LogP contribution in [0.25, 0.3) is 116 Å². The van der Waals surface area contributed by atoms with Crippen LogP contribution in [0.2, 0.25) is 0 Å². The Morgan fingerprint density at radius 2 is 0.906 bits per heavy atom. The molecule has 1 unspecified atom stereocenters. The second-order valence-corrected chi connectivity index (χ2v) is 14.6. The summed E-state index contributed by atoms with van der Waals surface area (Å²) >= 11 is 0. The molecule has 0 fully saturated rings. The summed E-state index contributed by atoms with van der Waals surface area (Å²) in [6.07, 6.45) is 8.01. The Bertz CT molecular complexity index is 3400. The maximum absolute atomic E-state index is 6.50. The van der Waals surface area contributed by atoms with Gasteiger partial charge in [-0.1, -0.05) is 79.7 Å². The fourth-order valence-electron chi connectivity index (χ4n) is 8.62. The van der Waals surface area contributed by atoms with E-state index in [0.29, 0.717) is 5.92 Å². The molecule has 1 aliphatic carbocycles. The van der Waals surface area contributed by atoms with E-state index in [9.17, 15) is 0 Å². The number of hydrogen-bond donors (Lipinski definition) is 0. The molecule has 250 valence electrons. The molecule has 4 heterocycles. The third-order valence-electron chi connectivity index (χ3n) is 11.3. The van der Waals surface area contributed by atoms with E-state index in [1.54, 1.807) is 0 Å². The lowest BCUT2D eigenvalue weighted by Gasteiger charge is -2.15. The van der Waals surface area contributed by atoms with Gasteiger partial charge in [-0.25, -0.2) is 0 Å². The zero-order chi connectivity index (χ0) is 34.8. The van der Waals surface area contributed by atoms with E-state index in [-0.39, 0.29) is 0 Å². The maximum atomic E-state index is 6.50. The molecule has 53 heavy (non-hydrogen) atoms. The highest BCUT2D eigenvalue weighted by Crippen LogP contribution is 2.41. The molecule has 0 saturated carbocycles. The number of nitrogens with zero attached hydrogens (tertiary/aromatic N) is 1. The van der Waals surface area contributed by atoms with Gasteiger partial charge in [-0.15, -0.1) is 0 Å². The van der Waals surface area contributed by atoms with Crippen LogP contribution in [0.4, 0.5) is 0 Å². The van der Waals surface area contributed by atoms with Crippen molar-refractivity contribution in [2.24, 2.45) is 5.92 Å². The lowest BCUT2D eigenvalue weighted by molar-refractivity contribution is 0.664. The Morgan fingerprint density at radius 3 is 1.53 bits per heavy atom. The van der Waals surface area contributed by atoms with Crippen molar-refractivity contribution in [1.29, 1.82) is 0 Å². The molecule has 4 nitrogen and oxygen atoms in total. The largest absolute Gasteiger partial charge is 0.456 e. The van der Waals surface area contributed by atoms with E-state index in [0.717, 1.165) is 88.9 Å². The van der Waals surface area contributed by atoms with Gasteiger partial charge in [-0.05, 0) is 113 Å². The highest BCUT2D eigenvalue weighted by atomic mass is 16.3. The van der Waals surface area contributed by atoms with Gasteiger partial charge in [-0.3, -0.25) is 0 Å². The zero-order valence-corrected chi connectivity index (χ0v) is 28.9. The van der Waals surface area contributed by atoms with Crippen LogP contribution in [0.15, 0.2) is 165 Å². The molecule has 4 heteroatoms. The average Bonchev–Trinajstić information content (AvgIpc) is 3.95. The second kappa shape index (κ2) is 10.6. The molecule has 0 radical (unpaired) electrons. The Labute approximate surface area is 303 Å². The highest BCUT2D eigenvalue weighted by Gasteiger charge is 2.18. The van der Waals surface area contributed by atoms with Crippen molar-refractivity contribution in [3.8, 4) is 22.3 Å². The van der Waals surface area contributed by atoms with Gasteiger partial charge < -0.3 is 17.8 Å². The molecule has 0 bridgehead atoms. The van der Waals surface area contributed by atoms with Gasteiger partial charge in [0, 0.05) is 48.8 Å². The van der Waals surface area contributed by atoms with Gasteiger partial charge in [0.2, 0.25) is 0 Å². The van der Waals surface area contributed by atoms with Crippen molar-refractivity contribution in [2.75, 3.05) is 0 Å². The van der Waals surface area contributed by atoms with Crippen LogP contribution in [0.3, 0.4) is 0 Å². The van der Waals surface area contributed by atoms with Gasteiger partial charge in [0.05, 0.1) is 11.0 Å². The Balaban J connectivity index is 0.967. The Kier molecular flexibility index (Phi) is 5.79. The monoisotopic (exact) mass is 681 g/mol. The first-order valence-corrected chi connectivity index (χ1v) is 18.3. The van der Waals surface area contributed by atoms with Gasteiger partial charge in [0.1, 0.15) is 33.5 Å². The third-order valence-corrected chi connectivity index (χ3v) is 11.3. The highest BCUT2D eigenvalue weighted by molar-refractivity contribution is 6.16. The molecule has 1 aliphatic rings. The fraction of sp³-hybridized carbons (Fsp3) is 0.0612. The summed E-state index contributed by atoms with van der Waals surface area (Å²) in [6.45, 7) is 2.27. The van der Waals surface area contributed by atoms with E-state index >= 15 is 0 Å². The Hall–Kier alpha value is -6.78. The molecule has 11 aromatic rings. The Morgan fingerprint density at radius 1 is 0.434 bits per heavy atom. The first-order valence-electron chi connectivity index (χ1n) is 18.3. The predicted molar refractivity (Wildman–Crippen MR) is 219 cm³/mol. The molecule has 12 rings (SSSR count). The summed E-state index contributed by atoms with van der Waals surface area (Å²) in [6, 6.07) is 47.5. The van der Waals surface area contributed by atoms with E-state index < -0.39 is 0 Å². The average molecular weight is 682 g/mol. The van der Waals surface area contributed by atoms with E-state index in [2.05, 4.69) is 151 Å². The van der Waals surface area contributed by atoms with Crippen molar-refractivity contribution in [1.82, 2.24) is 4.57 Å². The van der Waals surface area contributed by atoms with Gasteiger partial charge in [-0.2, -0.15) is 0 Å². The number of fused-ring (bicyclic) bond motifs is 12. The minimum absolute atomic E-state index is 0.569. The predicted octanol–water partition coefficient (Wildman–Crippen LogP) is 14.3. The van der Waals surface area contributed by atoms with Gasteiger partial charge in [0.15, 0.2) is 0 Å². The minimum Gasteiger partial charge on any atom is -0.456 e. The fourth-order valence-corrected chi connectivity index (χ4v) is 8.62. The molecule has 1 atom stereocenters. The van der Waals surface area contributed by atoms with Crippen molar-refractivity contribution in [3.63, 3.8) is 0 Å². The van der Waals surface area contributed by atoms with Crippen molar-refractivity contribution >= 4 is 93.3 Å². The molecular weight excluding hydrogens is 651 g/mol. The summed E-state index contributed by atoms with van der Waals surface area (Å²) in [5.74, 6) is 0.569. The van der Waals surface area contributed by atoms with Crippen LogP contribution in [0, 0.1) is 5.92 Å². The summed E-state index contributed by atoms with van der Waals surface area (Å²) < 4.78 is 21.5. The zero-order valence-electron chi connectivity index (χ0n) is 28.9. The van der Waals surface area contributed by atoms with Crippen LogP contribution < -0.4 is 0 Å². The van der Waals surface area contributed by atoms with E-state index in [1.165, 1.54) is 33.1 Å². The van der Waals surface area contributed by atoms with Crippen LogP contribution in [0.1, 0.15) is 13.3 Å². The summed E-state index contributed by atoms with van der Waals surface area (Å²) in [7, 11) is 0. The normalized spacial score (nSPS) is 15.0. The molecular formula is C49H31NO3. The number of benzene rings is 7. The topological polar surface area (TPSA) is 44.4 Å². The second-order valence-electron chi connectivity index (χ2n) is 14.6. The molecule has 0 saturated heterocycles. The number of aromatic nitrogens is 1. The number of hydrogen-bond acceptors (Lipinski definition) is 3. The first kappa shape index (κ1) is 28.9. The lowest BCUT2D eigenvalue weighted by atomic mass is 9.99. The molecule has 4 aromatic heterocycles. The van der Waals surface area contributed by atoms with E-state index in [4.69, 9.17) is 13.3 Å². The molecule has 0 spiro atoms. The number of furan rings is 3. The van der Waals surface area contributed by atoms with Crippen LogP contribution in [0.5, 0.6) is 0 Å². The first-order chi connectivity index (χ1) is 26.1. The van der Waals surface area contributed by atoms with Crippen molar-refractivity contribution in [2.45, 2.75) is 13.3 Å². The third kappa shape index (κ3) is 4.24. The smallest absolute Gasteiger partial charge is 0.136 e. The van der Waals surface area contributed by atoms with Crippen LogP contribution in [-0.2, 0) is 0 Å². The van der Waals surface area contributed by atoms with Crippen molar-refractivity contribution in [3.05, 3.63) is 152 Å². The number of allylic oxidation sites excluding steroid dienone is 4.